The van der Waals surface area contributed by atoms with Gasteiger partial charge in [0.2, 0.25) is 0 Å². The Morgan fingerprint density at radius 3 is 2.46 bits per heavy atom. The van der Waals surface area contributed by atoms with Gasteiger partial charge in [0.25, 0.3) is 5.91 Å². The standard InChI is InChI=1S/C31H39N3O5/c1-6-22-10-8-9-11-25(22)39-20-28(35)32-14-12-31(13-15-32)27-16-21(3)29-23(17-24(37-4)18-26(29)38-5)19-33(27)30(36)34(31)7-2/h8-11,16-18,21H,6-7,12-15,19-20H2,1-5H3/t21-/m0/s1. The number of likely N-dealkylation sites (tertiary alicyclic amines) is 1. The monoisotopic (exact) mass is 533 g/mol. The number of fused-ring (bicyclic) bond motifs is 3. The molecule has 0 saturated carbocycles. The molecule has 208 valence electrons. The Kier molecular flexibility index (Phi) is 7.47. The summed E-state index contributed by atoms with van der Waals surface area (Å²) in [6.45, 7) is 8.50. The zero-order valence-electron chi connectivity index (χ0n) is 23.7. The number of amides is 3. The molecule has 3 heterocycles. The summed E-state index contributed by atoms with van der Waals surface area (Å²) in [5.74, 6) is 2.28. The van der Waals surface area contributed by atoms with E-state index in [4.69, 9.17) is 14.2 Å². The number of likely N-dealkylation sites (N-methyl/N-ethyl adjacent to an activating group) is 1. The van der Waals surface area contributed by atoms with Crippen molar-refractivity contribution in [3.63, 3.8) is 0 Å². The lowest BCUT2D eigenvalue weighted by atomic mass is 9.82. The molecule has 39 heavy (non-hydrogen) atoms. The number of urea groups is 1. The highest BCUT2D eigenvalue weighted by molar-refractivity contribution is 5.83. The van der Waals surface area contributed by atoms with Crippen LogP contribution >= 0.6 is 0 Å². The normalized spacial score (nSPS) is 19.8. The topological polar surface area (TPSA) is 71.5 Å². The van der Waals surface area contributed by atoms with Gasteiger partial charge in [0.15, 0.2) is 6.61 Å². The zero-order valence-corrected chi connectivity index (χ0v) is 23.7. The second-order valence-corrected chi connectivity index (χ2v) is 10.5. The van der Waals surface area contributed by atoms with Gasteiger partial charge >= 0.3 is 6.03 Å². The summed E-state index contributed by atoms with van der Waals surface area (Å²) in [5.41, 5.74) is 3.81. The number of piperidine rings is 1. The average molecular weight is 534 g/mol. The molecule has 8 nitrogen and oxygen atoms in total. The largest absolute Gasteiger partial charge is 0.497 e. The summed E-state index contributed by atoms with van der Waals surface area (Å²) in [5, 5.41) is 0. The highest BCUT2D eigenvalue weighted by Gasteiger charge is 2.55. The van der Waals surface area contributed by atoms with E-state index in [0.717, 1.165) is 40.3 Å². The Morgan fingerprint density at radius 2 is 1.79 bits per heavy atom. The molecule has 3 aliphatic rings. The molecule has 0 radical (unpaired) electrons. The molecule has 0 unspecified atom stereocenters. The third kappa shape index (κ3) is 4.60. The fraction of sp³-hybridized carbons (Fsp3) is 0.484. The van der Waals surface area contributed by atoms with Crippen molar-refractivity contribution in [2.45, 2.75) is 58.0 Å². The molecule has 0 aliphatic carbocycles. The van der Waals surface area contributed by atoms with E-state index in [0.29, 0.717) is 44.8 Å². The van der Waals surface area contributed by atoms with Crippen molar-refractivity contribution < 1.29 is 23.8 Å². The molecule has 1 atom stereocenters. The number of carbonyl (C=O) groups excluding carboxylic acids is 2. The minimum atomic E-state index is -0.439. The molecular weight excluding hydrogens is 494 g/mol. The number of allylic oxidation sites excluding steroid dienone is 1. The summed E-state index contributed by atoms with van der Waals surface area (Å²) >= 11 is 0. The van der Waals surface area contributed by atoms with Crippen molar-refractivity contribution >= 4 is 11.9 Å². The number of nitrogens with zero attached hydrogens (tertiary/aromatic N) is 3. The van der Waals surface area contributed by atoms with E-state index < -0.39 is 5.54 Å². The van der Waals surface area contributed by atoms with Crippen molar-refractivity contribution in [1.82, 2.24) is 14.7 Å². The zero-order chi connectivity index (χ0) is 27.7. The highest BCUT2D eigenvalue weighted by atomic mass is 16.5. The maximum atomic E-state index is 13.8. The lowest BCUT2D eigenvalue weighted by molar-refractivity contribution is -0.135. The minimum Gasteiger partial charge on any atom is -0.497 e. The molecule has 2 aromatic rings. The van der Waals surface area contributed by atoms with Gasteiger partial charge in [-0.05, 0) is 49.4 Å². The van der Waals surface area contributed by atoms with Crippen LogP contribution in [0, 0.1) is 0 Å². The van der Waals surface area contributed by atoms with Crippen LogP contribution in [0.3, 0.4) is 0 Å². The first-order valence-electron chi connectivity index (χ1n) is 13.9. The van der Waals surface area contributed by atoms with Crippen molar-refractivity contribution in [3.05, 3.63) is 64.9 Å². The Balaban J connectivity index is 1.37. The Morgan fingerprint density at radius 1 is 1.05 bits per heavy atom. The number of methoxy groups -OCH3 is 2. The SMILES string of the molecule is CCc1ccccc1OCC(=O)N1CCC2(CC1)C1=C[C@H](C)c3c(cc(OC)cc3OC)CN1C(=O)N2CC. The first kappa shape index (κ1) is 26.9. The molecule has 2 fully saturated rings. The van der Waals surface area contributed by atoms with Gasteiger partial charge in [0, 0.05) is 42.9 Å². The number of carbonyl (C=O) groups is 2. The van der Waals surface area contributed by atoms with Crippen molar-refractivity contribution in [2.75, 3.05) is 40.5 Å². The second kappa shape index (κ2) is 10.8. The van der Waals surface area contributed by atoms with Gasteiger partial charge in [-0.15, -0.1) is 0 Å². The van der Waals surface area contributed by atoms with Gasteiger partial charge in [0.05, 0.1) is 26.3 Å². The number of hydrogen-bond donors (Lipinski definition) is 0. The van der Waals surface area contributed by atoms with Crippen LogP contribution in [0.2, 0.25) is 0 Å². The van der Waals surface area contributed by atoms with Crippen LogP contribution < -0.4 is 14.2 Å². The minimum absolute atomic E-state index is 0.0171. The Labute approximate surface area is 231 Å². The first-order valence-corrected chi connectivity index (χ1v) is 13.9. The van der Waals surface area contributed by atoms with Crippen LogP contribution in [0.25, 0.3) is 0 Å². The van der Waals surface area contributed by atoms with Gasteiger partial charge in [-0.25, -0.2) is 4.79 Å². The predicted octanol–water partition coefficient (Wildman–Crippen LogP) is 4.96. The van der Waals surface area contributed by atoms with E-state index in [2.05, 4.69) is 19.9 Å². The third-order valence-corrected chi connectivity index (χ3v) is 8.56. The fourth-order valence-electron chi connectivity index (χ4n) is 6.56. The number of ether oxygens (including phenoxy) is 3. The summed E-state index contributed by atoms with van der Waals surface area (Å²) in [6, 6.07) is 11.8. The van der Waals surface area contributed by atoms with Crippen LogP contribution in [0.4, 0.5) is 4.79 Å². The van der Waals surface area contributed by atoms with Crippen LogP contribution in [0.15, 0.2) is 48.2 Å². The fourth-order valence-corrected chi connectivity index (χ4v) is 6.56. The van der Waals surface area contributed by atoms with Gasteiger partial charge in [-0.2, -0.15) is 0 Å². The lowest BCUT2D eigenvalue weighted by Crippen LogP contribution is -2.55. The van der Waals surface area contributed by atoms with E-state index in [1.165, 1.54) is 0 Å². The molecule has 3 aliphatic heterocycles. The molecule has 0 aromatic heterocycles. The summed E-state index contributed by atoms with van der Waals surface area (Å²) in [7, 11) is 3.31. The van der Waals surface area contributed by atoms with E-state index in [1.54, 1.807) is 14.2 Å². The van der Waals surface area contributed by atoms with Gasteiger partial charge in [-0.1, -0.05) is 38.1 Å². The smallest absolute Gasteiger partial charge is 0.325 e. The second-order valence-electron chi connectivity index (χ2n) is 10.5. The number of aryl methyl sites for hydroxylation is 1. The average Bonchev–Trinajstić information content (AvgIpc) is 3.06. The maximum Gasteiger partial charge on any atom is 0.325 e. The van der Waals surface area contributed by atoms with Crippen LogP contribution in [0.1, 0.15) is 56.2 Å². The molecule has 3 amide bonds. The number of hydrogen-bond acceptors (Lipinski definition) is 5. The molecule has 2 saturated heterocycles. The van der Waals surface area contributed by atoms with Crippen LogP contribution in [-0.2, 0) is 17.8 Å². The Hall–Kier alpha value is -3.68. The van der Waals surface area contributed by atoms with Crippen molar-refractivity contribution in [2.24, 2.45) is 0 Å². The van der Waals surface area contributed by atoms with Gasteiger partial charge < -0.3 is 24.0 Å². The number of benzene rings is 2. The van der Waals surface area contributed by atoms with E-state index in [1.807, 2.05) is 58.0 Å². The summed E-state index contributed by atoms with van der Waals surface area (Å²) < 4.78 is 17.2. The van der Waals surface area contributed by atoms with Crippen LogP contribution in [0.5, 0.6) is 17.2 Å². The van der Waals surface area contributed by atoms with Crippen molar-refractivity contribution in [3.8, 4) is 17.2 Å². The predicted molar refractivity (Wildman–Crippen MR) is 149 cm³/mol. The molecule has 5 rings (SSSR count). The molecular formula is C31H39N3O5. The summed E-state index contributed by atoms with van der Waals surface area (Å²) in [4.78, 5) is 32.7. The molecule has 0 N–H and O–H groups in total. The maximum absolute atomic E-state index is 13.8. The third-order valence-electron chi connectivity index (χ3n) is 8.56. The number of para-hydroxylation sites is 1. The Bertz CT molecular complexity index is 1280. The number of rotatable bonds is 7. The van der Waals surface area contributed by atoms with Crippen molar-refractivity contribution in [1.29, 1.82) is 0 Å². The van der Waals surface area contributed by atoms with Gasteiger partial charge in [0.1, 0.15) is 17.2 Å². The molecule has 8 heteroatoms. The van der Waals surface area contributed by atoms with E-state index in [-0.39, 0.29) is 24.5 Å². The van der Waals surface area contributed by atoms with Crippen LogP contribution in [-0.4, -0.2) is 72.6 Å². The molecule has 1 spiro atoms. The van der Waals surface area contributed by atoms with E-state index >= 15 is 0 Å². The molecule has 2 aromatic carbocycles. The quantitative estimate of drug-likeness (QED) is 0.503. The van der Waals surface area contributed by atoms with Gasteiger partial charge in [-0.3, -0.25) is 9.69 Å². The first-order chi connectivity index (χ1) is 18.9. The summed E-state index contributed by atoms with van der Waals surface area (Å²) in [6.07, 6.45) is 4.46. The molecule has 0 bridgehead atoms. The van der Waals surface area contributed by atoms with E-state index in [9.17, 15) is 9.59 Å². The highest BCUT2D eigenvalue weighted by Crippen LogP contribution is 2.49. The lowest BCUT2D eigenvalue weighted by Gasteiger charge is -2.44.